The molecule has 0 amide bonds. The Morgan fingerprint density at radius 1 is 1.27 bits per heavy atom. The molecule has 1 N–H and O–H groups in total. The molecular weight excluding hydrogens is 332 g/mol. The van der Waals surface area contributed by atoms with E-state index >= 15 is 0 Å². The zero-order chi connectivity index (χ0) is 19.0. The largest absolute Gasteiger partial charge is 0.511 e. The monoisotopic (exact) mass is 358 g/mol. The number of benzene rings is 1. The number of esters is 1. The lowest BCUT2D eigenvalue weighted by atomic mass is 9.74. The third kappa shape index (κ3) is 4.82. The summed E-state index contributed by atoms with van der Waals surface area (Å²) in [4.78, 5) is 24.3. The number of Topliss-reactive ketones (excluding diaryl/α,β-unsaturated/α-hetero) is 1. The Balaban J connectivity index is 1.93. The summed E-state index contributed by atoms with van der Waals surface area (Å²) in [5, 5.41) is 10.5. The van der Waals surface area contributed by atoms with E-state index in [0.717, 1.165) is 5.56 Å². The van der Waals surface area contributed by atoms with E-state index in [-0.39, 0.29) is 43.0 Å². The van der Waals surface area contributed by atoms with Gasteiger partial charge in [0.1, 0.15) is 11.2 Å². The average molecular weight is 358 g/mol. The van der Waals surface area contributed by atoms with Crippen molar-refractivity contribution in [2.24, 2.45) is 5.41 Å². The van der Waals surface area contributed by atoms with Crippen molar-refractivity contribution in [2.75, 3.05) is 13.2 Å². The maximum Gasteiger partial charge on any atom is 0.319 e. The van der Waals surface area contributed by atoms with Gasteiger partial charge in [-0.15, -0.1) is 0 Å². The Morgan fingerprint density at radius 3 is 2.69 bits per heavy atom. The standard InChI is InChI=1S/C21H26O5/c1-3-26-20(24)21(2)13-12-18(22)17(19(21)23)11-7-8-14-25-15-16-9-5-4-6-10-16/h4-10,23H,3,11-15H2,1-2H3/b8-7-. The minimum absolute atomic E-state index is 0.126. The van der Waals surface area contributed by atoms with Gasteiger partial charge in [-0.25, -0.2) is 0 Å². The van der Waals surface area contributed by atoms with Gasteiger partial charge >= 0.3 is 5.97 Å². The Bertz CT molecular complexity index is 690. The highest BCUT2D eigenvalue weighted by Crippen LogP contribution is 2.39. The number of ketones is 1. The first kappa shape index (κ1) is 19.9. The van der Waals surface area contributed by atoms with Crippen molar-refractivity contribution < 1.29 is 24.2 Å². The summed E-state index contributed by atoms with van der Waals surface area (Å²) in [7, 11) is 0. The molecule has 1 aliphatic carbocycles. The van der Waals surface area contributed by atoms with Crippen LogP contribution in [0.3, 0.4) is 0 Å². The van der Waals surface area contributed by atoms with Gasteiger partial charge < -0.3 is 14.6 Å². The number of aliphatic hydroxyl groups is 1. The minimum atomic E-state index is -1.14. The topological polar surface area (TPSA) is 72.8 Å². The minimum Gasteiger partial charge on any atom is -0.511 e. The van der Waals surface area contributed by atoms with Gasteiger partial charge in [0.2, 0.25) is 0 Å². The molecule has 0 spiro atoms. The van der Waals surface area contributed by atoms with Gasteiger partial charge in [0, 0.05) is 12.0 Å². The van der Waals surface area contributed by atoms with Crippen molar-refractivity contribution in [3.8, 4) is 0 Å². The predicted molar refractivity (Wildman–Crippen MR) is 98.5 cm³/mol. The van der Waals surface area contributed by atoms with Crippen LogP contribution in [0.5, 0.6) is 0 Å². The summed E-state index contributed by atoms with van der Waals surface area (Å²) >= 11 is 0. The molecule has 2 rings (SSSR count). The number of allylic oxidation sites excluding steroid dienone is 2. The third-order valence-electron chi connectivity index (χ3n) is 4.54. The lowest BCUT2D eigenvalue weighted by molar-refractivity contribution is -0.154. The van der Waals surface area contributed by atoms with Crippen LogP contribution >= 0.6 is 0 Å². The number of carbonyl (C=O) groups is 2. The molecule has 0 saturated heterocycles. The van der Waals surface area contributed by atoms with Gasteiger partial charge in [0.15, 0.2) is 5.78 Å². The predicted octanol–water partition coefficient (Wildman–Crippen LogP) is 3.89. The molecule has 0 bridgehead atoms. The van der Waals surface area contributed by atoms with Crippen LogP contribution < -0.4 is 0 Å². The van der Waals surface area contributed by atoms with E-state index in [4.69, 9.17) is 9.47 Å². The molecule has 1 unspecified atom stereocenters. The highest BCUT2D eigenvalue weighted by atomic mass is 16.5. The van der Waals surface area contributed by atoms with Crippen LogP contribution in [0.4, 0.5) is 0 Å². The second kappa shape index (κ2) is 9.34. The molecule has 5 nitrogen and oxygen atoms in total. The first-order valence-electron chi connectivity index (χ1n) is 8.88. The molecule has 0 fully saturated rings. The van der Waals surface area contributed by atoms with Crippen LogP contribution in [0, 0.1) is 5.41 Å². The Kier molecular flexibility index (Phi) is 7.16. The maximum atomic E-state index is 12.2. The molecule has 0 aliphatic heterocycles. The zero-order valence-corrected chi connectivity index (χ0v) is 15.4. The molecule has 26 heavy (non-hydrogen) atoms. The van der Waals surface area contributed by atoms with Crippen molar-refractivity contribution in [3.63, 3.8) is 0 Å². The zero-order valence-electron chi connectivity index (χ0n) is 15.4. The molecule has 0 saturated carbocycles. The van der Waals surface area contributed by atoms with E-state index in [0.29, 0.717) is 13.2 Å². The molecule has 1 atom stereocenters. The summed E-state index contributed by atoms with van der Waals surface area (Å²) in [6.07, 6.45) is 4.36. The van der Waals surface area contributed by atoms with Gasteiger partial charge in [-0.1, -0.05) is 42.5 Å². The number of hydrogen-bond donors (Lipinski definition) is 1. The van der Waals surface area contributed by atoms with Crippen molar-refractivity contribution in [1.82, 2.24) is 0 Å². The molecule has 0 aromatic heterocycles. The number of ether oxygens (including phenoxy) is 2. The fourth-order valence-corrected chi connectivity index (χ4v) is 2.89. The highest BCUT2D eigenvalue weighted by molar-refractivity contribution is 5.99. The Morgan fingerprint density at radius 2 is 2.00 bits per heavy atom. The van der Waals surface area contributed by atoms with E-state index in [1.54, 1.807) is 19.9 Å². The molecule has 0 heterocycles. The second-order valence-corrected chi connectivity index (χ2v) is 6.48. The molecule has 0 radical (unpaired) electrons. The maximum absolute atomic E-state index is 12.2. The SMILES string of the molecule is CCOC(=O)C1(C)CCC(=O)C(C/C=C\COCc2ccccc2)=C1O. The van der Waals surface area contributed by atoms with Gasteiger partial charge in [-0.2, -0.15) is 0 Å². The number of carbonyl (C=O) groups excluding carboxylic acids is 2. The van der Waals surface area contributed by atoms with E-state index < -0.39 is 11.4 Å². The van der Waals surface area contributed by atoms with Gasteiger partial charge in [0.05, 0.1) is 19.8 Å². The molecule has 1 aliphatic rings. The lowest BCUT2D eigenvalue weighted by Gasteiger charge is -2.31. The number of aliphatic hydroxyl groups excluding tert-OH is 1. The first-order valence-corrected chi connectivity index (χ1v) is 8.88. The van der Waals surface area contributed by atoms with Crippen LogP contribution in [-0.2, 0) is 25.7 Å². The molecule has 140 valence electrons. The highest BCUT2D eigenvalue weighted by Gasteiger charge is 2.44. The van der Waals surface area contributed by atoms with Crippen LogP contribution in [0.15, 0.2) is 53.8 Å². The van der Waals surface area contributed by atoms with Crippen LogP contribution in [-0.4, -0.2) is 30.1 Å². The number of rotatable bonds is 8. The summed E-state index contributed by atoms with van der Waals surface area (Å²) in [6.45, 7) is 4.50. The van der Waals surface area contributed by atoms with Crippen molar-refractivity contribution in [2.45, 2.75) is 39.7 Å². The molecule has 1 aromatic rings. The lowest BCUT2D eigenvalue weighted by Crippen LogP contribution is -2.37. The summed E-state index contributed by atoms with van der Waals surface area (Å²) in [6, 6.07) is 9.85. The van der Waals surface area contributed by atoms with Crippen molar-refractivity contribution >= 4 is 11.8 Å². The van der Waals surface area contributed by atoms with E-state index in [1.165, 1.54) is 0 Å². The number of hydrogen-bond acceptors (Lipinski definition) is 5. The third-order valence-corrected chi connectivity index (χ3v) is 4.54. The summed E-state index contributed by atoms with van der Waals surface area (Å²) in [5.41, 5.74) is 0.233. The fraction of sp³-hybridized carbons (Fsp3) is 0.429. The Hall–Kier alpha value is -2.40. The quantitative estimate of drug-likeness (QED) is 0.433. The second-order valence-electron chi connectivity index (χ2n) is 6.48. The smallest absolute Gasteiger partial charge is 0.319 e. The molecule has 5 heteroatoms. The van der Waals surface area contributed by atoms with Gasteiger partial charge in [-0.3, -0.25) is 9.59 Å². The van der Waals surface area contributed by atoms with Crippen molar-refractivity contribution in [3.05, 3.63) is 59.4 Å². The molecule has 1 aromatic carbocycles. The van der Waals surface area contributed by atoms with E-state index in [9.17, 15) is 14.7 Å². The van der Waals surface area contributed by atoms with Crippen LogP contribution in [0.2, 0.25) is 0 Å². The fourth-order valence-electron chi connectivity index (χ4n) is 2.89. The van der Waals surface area contributed by atoms with E-state index in [1.807, 2.05) is 36.4 Å². The van der Waals surface area contributed by atoms with Crippen molar-refractivity contribution in [1.29, 1.82) is 0 Å². The average Bonchev–Trinajstić information content (AvgIpc) is 2.65. The summed E-state index contributed by atoms with van der Waals surface area (Å²) in [5.74, 6) is -0.779. The normalized spacial score (nSPS) is 20.6. The van der Waals surface area contributed by atoms with Gasteiger partial charge in [0.25, 0.3) is 0 Å². The van der Waals surface area contributed by atoms with Crippen LogP contribution in [0.25, 0.3) is 0 Å². The Labute approximate surface area is 154 Å². The molecular formula is C21H26O5. The van der Waals surface area contributed by atoms with Crippen LogP contribution in [0.1, 0.15) is 38.7 Å². The van der Waals surface area contributed by atoms with Gasteiger partial charge in [-0.05, 0) is 32.3 Å². The summed E-state index contributed by atoms with van der Waals surface area (Å²) < 4.78 is 10.6. The van der Waals surface area contributed by atoms with E-state index in [2.05, 4.69) is 0 Å². The first-order chi connectivity index (χ1) is 12.5.